The van der Waals surface area contributed by atoms with Gasteiger partial charge in [-0.2, -0.15) is 5.10 Å². The highest BCUT2D eigenvalue weighted by Gasteiger charge is 2.14. The second-order valence-corrected chi connectivity index (χ2v) is 4.92. The predicted octanol–water partition coefficient (Wildman–Crippen LogP) is 2.23. The van der Waals surface area contributed by atoms with Crippen LogP contribution in [0, 0.1) is 6.92 Å². The summed E-state index contributed by atoms with van der Waals surface area (Å²) in [7, 11) is 0. The Morgan fingerprint density at radius 3 is 3.00 bits per heavy atom. The van der Waals surface area contributed by atoms with Crippen LogP contribution in [0.2, 0.25) is 0 Å². The summed E-state index contributed by atoms with van der Waals surface area (Å²) in [5.74, 6) is 0.380. The summed E-state index contributed by atoms with van der Waals surface area (Å²) < 4.78 is 0. The molecule has 0 atom stereocenters. The number of nitrogens with one attached hydrogen (secondary N) is 2. The zero-order valence-corrected chi connectivity index (χ0v) is 11.3. The highest BCUT2D eigenvalue weighted by Crippen LogP contribution is 2.21. The van der Waals surface area contributed by atoms with Crippen LogP contribution in [-0.4, -0.2) is 15.7 Å². The van der Waals surface area contributed by atoms with Crippen LogP contribution in [0.15, 0.2) is 40.2 Å². The third-order valence-corrected chi connectivity index (χ3v) is 3.35. The molecule has 3 rings (SSSR count). The third kappa shape index (κ3) is 2.61. The van der Waals surface area contributed by atoms with Crippen LogP contribution in [0.5, 0.6) is 0 Å². The molecular formula is C15H16N4O. The number of H-pyrrole nitrogens is 1. The number of benzene rings is 1. The summed E-state index contributed by atoms with van der Waals surface area (Å²) in [5, 5.41) is 4.41. The Kier molecular flexibility index (Phi) is 3.33. The Balaban J connectivity index is 1.88. The molecule has 0 amide bonds. The molecule has 20 heavy (non-hydrogen) atoms. The second-order valence-electron chi connectivity index (χ2n) is 4.92. The summed E-state index contributed by atoms with van der Waals surface area (Å²) in [4.78, 5) is 18.2. The maximum absolute atomic E-state index is 11.4. The van der Waals surface area contributed by atoms with Gasteiger partial charge in [-0.3, -0.25) is 9.78 Å². The van der Waals surface area contributed by atoms with Gasteiger partial charge in [-0.15, -0.1) is 0 Å². The van der Waals surface area contributed by atoms with E-state index in [4.69, 9.17) is 0 Å². The number of hydrazone groups is 1. The smallest absolute Gasteiger partial charge is 0.252 e. The summed E-state index contributed by atoms with van der Waals surface area (Å²) >= 11 is 0. The zero-order chi connectivity index (χ0) is 13.9. The van der Waals surface area contributed by atoms with Gasteiger partial charge in [-0.1, -0.05) is 24.3 Å². The minimum absolute atomic E-state index is 0.177. The Morgan fingerprint density at radius 1 is 1.30 bits per heavy atom. The highest BCUT2D eigenvalue weighted by atomic mass is 16.1. The van der Waals surface area contributed by atoms with E-state index >= 15 is 0 Å². The van der Waals surface area contributed by atoms with Gasteiger partial charge in [-0.25, -0.2) is 10.4 Å². The lowest BCUT2D eigenvalue weighted by molar-refractivity contribution is 0.836. The fourth-order valence-corrected chi connectivity index (χ4v) is 2.47. The van der Waals surface area contributed by atoms with Crippen LogP contribution in [0.3, 0.4) is 0 Å². The number of fused-ring (bicyclic) bond motifs is 1. The fourth-order valence-electron chi connectivity index (χ4n) is 2.47. The molecule has 1 aliphatic carbocycles. The minimum atomic E-state index is -0.177. The van der Waals surface area contributed by atoms with E-state index < -0.39 is 0 Å². The molecule has 1 aromatic heterocycles. The van der Waals surface area contributed by atoms with Gasteiger partial charge < -0.3 is 0 Å². The van der Waals surface area contributed by atoms with Crippen molar-refractivity contribution in [3.63, 3.8) is 0 Å². The molecule has 0 saturated carbocycles. The lowest BCUT2D eigenvalue weighted by Crippen LogP contribution is -2.15. The van der Waals surface area contributed by atoms with E-state index in [1.165, 1.54) is 17.2 Å². The molecular weight excluding hydrogens is 252 g/mol. The van der Waals surface area contributed by atoms with Crippen molar-refractivity contribution in [2.45, 2.75) is 26.2 Å². The van der Waals surface area contributed by atoms with E-state index in [1.54, 1.807) is 6.92 Å². The van der Waals surface area contributed by atoms with E-state index in [9.17, 15) is 4.79 Å². The molecule has 0 saturated heterocycles. The van der Waals surface area contributed by atoms with Crippen LogP contribution >= 0.6 is 0 Å². The largest absolute Gasteiger partial charge is 0.291 e. The van der Waals surface area contributed by atoms with E-state index in [0.717, 1.165) is 25.0 Å². The second kappa shape index (κ2) is 5.28. The summed E-state index contributed by atoms with van der Waals surface area (Å²) in [6.45, 7) is 1.78. The zero-order valence-electron chi connectivity index (χ0n) is 11.3. The first-order valence-corrected chi connectivity index (χ1v) is 6.71. The van der Waals surface area contributed by atoms with Crippen molar-refractivity contribution in [3.05, 3.63) is 57.5 Å². The molecule has 0 aliphatic heterocycles. The monoisotopic (exact) mass is 268 g/mol. The summed E-state index contributed by atoms with van der Waals surface area (Å²) in [6.07, 6.45) is 3.12. The van der Waals surface area contributed by atoms with E-state index in [-0.39, 0.29) is 5.56 Å². The van der Waals surface area contributed by atoms with Gasteiger partial charge in [0.25, 0.3) is 5.56 Å². The van der Waals surface area contributed by atoms with Crippen LogP contribution in [-0.2, 0) is 6.42 Å². The van der Waals surface area contributed by atoms with Crippen LogP contribution in [0.1, 0.15) is 29.7 Å². The molecule has 1 aliphatic rings. The van der Waals surface area contributed by atoms with Gasteiger partial charge in [0, 0.05) is 17.3 Å². The van der Waals surface area contributed by atoms with Crippen molar-refractivity contribution in [1.82, 2.24) is 9.97 Å². The number of hydrogen-bond acceptors (Lipinski definition) is 4. The van der Waals surface area contributed by atoms with Crippen LogP contribution in [0.25, 0.3) is 0 Å². The van der Waals surface area contributed by atoms with Crippen molar-refractivity contribution in [3.8, 4) is 0 Å². The molecule has 0 unspecified atom stereocenters. The Labute approximate surface area is 116 Å². The van der Waals surface area contributed by atoms with Gasteiger partial charge in [0.2, 0.25) is 5.95 Å². The number of aromatic amines is 1. The molecule has 5 heteroatoms. The quantitative estimate of drug-likeness (QED) is 0.820. The topological polar surface area (TPSA) is 70.1 Å². The van der Waals surface area contributed by atoms with Crippen molar-refractivity contribution in [2.75, 3.05) is 5.43 Å². The molecule has 0 bridgehead atoms. The average molecular weight is 268 g/mol. The van der Waals surface area contributed by atoms with Gasteiger partial charge in [0.1, 0.15) is 0 Å². The molecule has 0 fully saturated rings. The van der Waals surface area contributed by atoms with E-state index in [0.29, 0.717) is 11.6 Å². The first kappa shape index (κ1) is 12.6. The average Bonchev–Trinajstić information content (AvgIpc) is 2.44. The SMILES string of the molecule is Cc1cc(=O)[nH]c(NN=C2CCCc3ccccc32)n1. The summed E-state index contributed by atoms with van der Waals surface area (Å²) in [5.41, 5.74) is 6.86. The lowest BCUT2D eigenvalue weighted by atomic mass is 9.90. The number of rotatable bonds is 2. The standard InChI is InChI=1S/C15H16N4O/c1-10-9-14(20)17-15(16-10)19-18-13-8-4-6-11-5-2-3-7-12(11)13/h2-3,5,7,9H,4,6,8H2,1H3,(H2,16,17,19,20). The van der Waals surface area contributed by atoms with Crippen molar-refractivity contribution in [1.29, 1.82) is 0 Å². The first-order chi connectivity index (χ1) is 9.72. The normalized spacial score (nSPS) is 15.9. The molecule has 1 aromatic carbocycles. The van der Waals surface area contributed by atoms with Crippen LogP contribution in [0.4, 0.5) is 5.95 Å². The van der Waals surface area contributed by atoms with Gasteiger partial charge >= 0.3 is 0 Å². The van der Waals surface area contributed by atoms with Crippen molar-refractivity contribution < 1.29 is 0 Å². The Hall–Kier alpha value is -2.43. The molecule has 1 heterocycles. The number of aryl methyl sites for hydroxylation is 2. The maximum Gasteiger partial charge on any atom is 0.252 e. The summed E-state index contributed by atoms with van der Waals surface area (Å²) in [6, 6.07) is 9.74. The number of nitrogens with zero attached hydrogens (tertiary/aromatic N) is 2. The molecule has 2 N–H and O–H groups in total. The Morgan fingerprint density at radius 2 is 2.15 bits per heavy atom. The maximum atomic E-state index is 11.4. The van der Waals surface area contributed by atoms with Gasteiger partial charge in [0.15, 0.2) is 0 Å². The molecule has 0 spiro atoms. The number of aromatic nitrogens is 2. The Bertz CT molecular complexity index is 718. The fraction of sp³-hybridized carbons (Fsp3) is 0.267. The predicted molar refractivity (Wildman–Crippen MR) is 79.1 cm³/mol. The number of anilines is 1. The highest BCUT2D eigenvalue weighted by molar-refractivity contribution is 6.02. The number of hydrogen-bond donors (Lipinski definition) is 2. The molecule has 5 nitrogen and oxygen atoms in total. The van der Waals surface area contributed by atoms with Crippen molar-refractivity contribution >= 4 is 11.7 Å². The molecule has 0 radical (unpaired) electrons. The van der Waals surface area contributed by atoms with Crippen LogP contribution < -0.4 is 11.0 Å². The molecule has 2 aromatic rings. The van der Waals surface area contributed by atoms with Gasteiger partial charge in [0.05, 0.1) is 5.71 Å². The van der Waals surface area contributed by atoms with E-state index in [1.807, 2.05) is 6.07 Å². The van der Waals surface area contributed by atoms with Gasteiger partial charge in [-0.05, 0) is 31.7 Å². The minimum Gasteiger partial charge on any atom is -0.291 e. The first-order valence-electron chi connectivity index (χ1n) is 6.71. The third-order valence-electron chi connectivity index (χ3n) is 3.35. The molecule has 102 valence electrons. The lowest BCUT2D eigenvalue weighted by Gasteiger charge is -2.17. The van der Waals surface area contributed by atoms with Crippen molar-refractivity contribution in [2.24, 2.45) is 5.10 Å². The van der Waals surface area contributed by atoms with E-state index in [2.05, 4.69) is 38.7 Å².